The first-order valence-corrected chi connectivity index (χ1v) is 11.5. The minimum absolute atomic E-state index is 0.0791. The van der Waals surface area contributed by atoms with Crippen molar-refractivity contribution in [2.45, 2.75) is 56.5 Å². The number of nitrogens with zero attached hydrogens (tertiary/aromatic N) is 2. The normalized spacial score (nSPS) is 21.9. The van der Waals surface area contributed by atoms with Gasteiger partial charge in [-0.2, -0.15) is 0 Å². The van der Waals surface area contributed by atoms with E-state index in [0.717, 1.165) is 51.9 Å². The Labute approximate surface area is 163 Å². The van der Waals surface area contributed by atoms with Crippen molar-refractivity contribution in [3.05, 3.63) is 30.3 Å². The van der Waals surface area contributed by atoms with Crippen molar-refractivity contribution in [3.63, 3.8) is 0 Å². The van der Waals surface area contributed by atoms with Crippen LogP contribution in [0.15, 0.2) is 35.2 Å². The van der Waals surface area contributed by atoms with E-state index in [-0.39, 0.29) is 18.0 Å². The maximum Gasteiger partial charge on any atom is 0.240 e. The summed E-state index contributed by atoms with van der Waals surface area (Å²) in [7, 11) is -3.48. The topological polar surface area (TPSA) is 69.7 Å². The molecule has 2 aliphatic rings. The molecule has 27 heavy (non-hydrogen) atoms. The standard InChI is InChI=1S/C20H31N3O3S/c1-16-8-12-23(13-9-16)20(24)17(2)22-14-10-18(11-15-22)21-27(25,26)19-6-4-3-5-7-19/h3-7,16-18,21H,8-15H2,1-2H3. The lowest BCUT2D eigenvalue weighted by Gasteiger charge is -2.39. The van der Waals surface area contributed by atoms with Crippen LogP contribution in [0.5, 0.6) is 0 Å². The van der Waals surface area contributed by atoms with Crippen LogP contribution in [-0.4, -0.2) is 62.4 Å². The highest BCUT2D eigenvalue weighted by atomic mass is 32.2. The summed E-state index contributed by atoms with van der Waals surface area (Å²) in [5.74, 6) is 0.919. The summed E-state index contributed by atoms with van der Waals surface area (Å²) < 4.78 is 27.8. The lowest BCUT2D eigenvalue weighted by molar-refractivity contribution is -0.138. The summed E-state index contributed by atoms with van der Waals surface area (Å²) in [5, 5.41) is 0. The predicted octanol–water partition coefficient (Wildman–Crippen LogP) is 2.08. The van der Waals surface area contributed by atoms with E-state index in [2.05, 4.69) is 16.5 Å². The van der Waals surface area contributed by atoms with Gasteiger partial charge in [-0.05, 0) is 50.7 Å². The van der Waals surface area contributed by atoms with Crippen molar-refractivity contribution < 1.29 is 13.2 Å². The zero-order valence-corrected chi connectivity index (χ0v) is 17.1. The smallest absolute Gasteiger partial charge is 0.240 e. The first kappa shape index (κ1) is 20.3. The number of sulfonamides is 1. The number of hydrogen-bond acceptors (Lipinski definition) is 4. The minimum atomic E-state index is -3.48. The molecule has 0 bridgehead atoms. The van der Waals surface area contributed by atoms with Crippen molar-refractivity contribution in [2.24, 2.45) is 5.92 Å². The van der Waals surface area contributed by atoms with Crippen LogP contribution < -0.4 is 4.72 Å². The summed E-state index contributed by atoms with van der Waals surface area (Å²) in [6.45, 7) is 7.41. The van der Waals surface area contributed by atoms with Crippen LogP contribution in [0, 0.1) is 5.92 Å². The molecule has 1 amide bonds. The molecule has 3 rings (SSSR count). The quantitative estimate of drug-likeness (QED) is 0.832. The molecule has 0 aromatic heterocycles. The second-order valence-electron chi connectivity index (χ2n) is 7.93. The molecule has 150 valence electrons. The summed E-state index contributed by atoms with van der Waals surface area (Å²) in [6.07, 6.45) is 3.62. The predicted molar refractivity (Wildman–Crippen MR) is 106 cm³/mol. The number of amides is 1. The van der Waals surface area contributed by atoms with Crippen LogP contribution >= 0.6 is 0 Å². The number of hydrogen-bond donors (Lipinski definition) is 1. The Bertz CT molecular complexity index is 722. The van der Waals surface area contributed by atoms with Gasteiger partial charge < -0.3 is 4.90 Å². The average Bonchev–Trinajstić information content (AvgIpc) is 2.68. The Balaban J connectivity index is 1.50. The van der Waals surface area contributed by atoms with Gasteiger partial charge in [-0.1, -0.05) is 25.1 Å². The average molecular weight is 394 g/mol. The fraction of sp³-hybridized carbons (Fsp3) is 0.650. The van der Waals surface area contributed by atoms with Crippen LogP contribution in [0.25, 0.3) is 0 Å². The molecule has 2 aliphatic heterocycles. The van der Waals surface area contributed by atoms with Crippen LogP contribution in [-0.2, 0) is 14.8 Å². The summed E-state index contributed by atoms with van der Waals surface area (Å²) in [5.41, 5.74) is 0. The largest absolute Gasteiger partial charge is 0.341 e. The Kier molecular flexibility index (Phi) is 6.55. The third-order valence-electron chi connectivity index (χ3n) is 5.91. The number of carbonyl (C=O) groups excluding carboxylic acids is 1. The van der Waals surface area contributed by atoms with E-state index in [1.54, 1.807) is 30.3 Å². The monoisotopic (exact) mass is 393 g/mol. The fourth-order valence-corrected chi connectivity index (χ4v) is 5.27. The molecule has 1 aromatic rings. The van der Waals surface area contributed by atoms with Gasteiger partial charge in [-0.15, -0.1) is 0 Å². The molecule has 0 saturated carbocycles. The molecule has 2 fully saturated rings. The number of benzene rings is 1. The van der Waals surface area contributed by atoms with E-state index < -0.39 is 10.0 Å². The van der Waals surface area contributed by atoms with Gasteiger partial charge in [0.25, 0.3) is 0 Å². The Morgan fingerprint density at radius 2 is 1.63 bits per heavy atom. The third-order valence-corrected chi connectivity index (χ3v) is 7.44. The van der Waals surface area contributed by atoms with Crippen LogP contribution in [0.1, 0.15) is 39.5 Å². The van der Waals surface area contributed by atoms with Crippen molar-refractivity contribution in [1.82, 2.24) is 14.5 Å². The number of carbonyl (C=O) groups is 1. The molecule has 6 nitrogen and oxygen atoms in total. The van der Waals surface area contributed by atoms with Crippen LogP contribution in [0.3, 0.4) is 0 Å². The van der Waals surface area contributed by atoms with Crippen LogP contribution in [0.2, 0.25) is 0 Å². The Hall–Kier alpha value is -1.44. The number of nitrogens with one attached hydrogen (secondary N) is 1. The maximum absolute atomic E-state index is 12.8. The Morgan fingerprint density at radius 3 is 2.22 bits per heavy atom. The molecule has 1 N–H and O–H groups in total. The van der Waals surface area contributed by atoms with E-state index >= 15 is 0 Å². The minimum Gasteiger partial charge on any atom is -0.341 e. The molecule has 7 heteroatoms. The molecular formula is C20H31N3O3S. The lowest BCUT2D eigenvalue weighted by Crippen LogP contribution is -2.53. The van der Waals surface area contributed by atoms with Gasteiger partial charge in [0.1, 0.15) is 0 Å². The SMILES string of the molecule is CC1CCN(C(=O)C(C)N2CCC(NS(=O)(=O)c3ccccc3)CC2)CC1. The second kappa shape index (κ2) is 8.71. The van der Waals surface area contributed by atoms with Gasteiger partial charge in [0, 0.05) is 32.2 Å². The summed E-state index contributed by atoms with van der Waals surface area (Å²) >= 11 is 0. The lowest BCUT2D eigenvalue weighted by atomic mass is 9.98. The molecule has 1 aromatic carbocycles. The number of rotatable bonds is 5. The van der Waals surface area contributed by atoms with Crippen molar-refractivity contribution in [1.29, 1.82) is 0 Å². The molecule has 2 heterocycles. The first-order chi connectivity index (χ1) is 12.9. The highest BCUT2D eigenvalue weighted by Crippen LogP contribution is 2.20. The van der Waals surface area contributed by atoms with Gasteiger partial charge in [-0.25, -0.2) is 13.1 Å². The summed E-state index contributed by atoms with van der Waals surface area (Å²) in [6, 6.07) is 8.26. The summed E-state index contributed by atoms with van der Waals surface area (Å²) in [4.78, 5) is 17.3. The Morgan fingerprint density at radius 1 is 1.04 bits per heavy atom. The number of piperidine rings is 2. The van der Waals surface area contributed by atoms with Crippen molar-refractivity contribution in [2.75, 3.05) is 26.2 Å². The molecule has 0 aliphatic carbocycles. The van der Waals surface area contributed by atoms with E-state index in [9.17, 15) is 13.2 Å². The molecule has 1 atom stereocenters. The molecule has 0 spiro atoms. The van der Waals surface area contributed by atoms with Gasteiger partial charge in [-0.3, -0.25) is 9.69 Å². The van der Waals surface area contributed by atoms with Gasteiger partial charge in [0.05, 0.1) is 10.9 Å². The molecule has 1 unspecified atom stereocenters. The highest BCUT2D eigenvalue weighted by Gasteiger charge is 2.32. The van der Waals surface area contributed by atoms with E-state index in [1.165, 1.54) is 0 Å². The van der Waals surface area contributed by atoms with Crippen LogP contribution in [0.4, 0.5) is 0 Å². The maximum atomic E-state index is 12.8. The van der Waals surface area contributed by atoms with Crippen molar-refractivity contribution in [3.8, 4) is 0 Å². The van der Waals surface area contributed by atoms with E-state index in [0.29, 0.717) is 10.8 Å². The zero-order chi connectivity index (χ0) is 19.4. The highest BCUT2D eigenvalue weighted by molar-refractivity contribution is 7.89. The van der Waals surface area contributed by atoms with Gasteiger partial charge in [0.15, 0.2) is 0 Å². The second-order valence-corrected chi connectivity index (χ2v) is 9.64. The fourth-order valence-electron chi connectivity index (χ4n) is 3.94. The zero-order valence-electron chi connectivity index (χ0n) is 16.3. The van der Waals surface area contributed by atoms with E-state index in [4.69, 9.17) is 0 Å². The third kappa shape index (κ3) is 5.09. The molecular weight excluding hydrogens is 362 g/mol. The molecule has 0 radical (unpaired) electrons. The molecule has 2 saturated heterocycles. The van der Waals surface area contributed by atoms with E-state index in [1.807, 2.05) is 11.8 Å². The first-order valence-electron chi connectivity index (χ1n) is 9.97. The van der Waals surface area contributed by atoms with Gasteiger partial charge >= 0.3 is 0 Å². The van der Waals surface area contributed by atoms with Crippen molar-refractivity contribution >= 4 is 15.9 Å². The van der Waals surface area contributed by atoms with Gasteiger partial charge in [0.2, 0.25) is 15.9 Å². The number of likely N-dealkylation sites (tertiary alicyclic amines) is 2.